The highest BCUT2D eigenvalue weighted by atomic mass is 35.5. The third-order valence-electron chi connectivity index (χ3n) is 3.63. The molecular weight excluding hydrogens is 524 g/mol. The lowest BCUT2D eigenvalue weighted by Gasteiger charge is -2.10. The third kappa shape index (κ3) is 9.00. The molecule has 0 bridgehead atoms. The molecule has 0 aliphatic heterocycles. The van der Waals surface area contributed by atoms with Crippen molar-refractivity contribution in [2.45, 2.75) is 38.8 Å². The fourth-order valence-corrected chi connectivity index (χ4v) is 4.75. The molecule has 1 N–H and O–H groups in total. The predicted octanol–water partition coefficient (Wildman–Crippen LogP) is 6.85. The maximum atomic E-state index is 12.2. The van der Waals surface area contributed by atoms with E-state index in [2.05, 4.69) is 4.99 Å². The van der Waals surface area contributed by atoms with E-state index in [1.54, 1.807) is 27.7 Å². The van der Waals surface area contributed by atoms with Gasteiger partial charge < -0.3 is 0 Å². The molecule has 0 saturated heterocycles. The first-order valence-corrected chi connectivity index (χ1v) is 11.7. The van der Waals surface area contributed by atoms with Crippen LogP contribution in [0.5, 0.6) is 0 Å². The van der Waals surface area contributed by atoms with Gasteiger partial charge in [0.2, 0.25) is 0 Å². The van der Waals surface area contributed by atoms with Crippen LogP contribution in [-0.2, 0) is 21.0 Å². The SMILES string of the molecule is C/C=C(\N=C(C)C)C(=O)NS(=O)(=O)c1c(Cl)cccc1Cl.Cc1cc(Cl)cc(C(F)(F)F)c1. The molecule has 0 radical (unpaired) electrons. The smallest absolute Gasteiger partial charge is 0.266 e. The van der Waals surface area contributed by atoms with Gasteiger partial charge in [-0.2, -0.15) is 13.2 Å². The molecule has 2 aromatic rings. The fraction of sp³-hybridized carbons (Fsp3) is 0.238. The number of aliphatic imine (C=N–C) groups is 1. The zero-order valence-electron chi connectivity index (χ0n) is 17.9. The number of nitrogens with zero attached hydrogens (tertiary/aromatic N) is 1. The summed E-state index contributed by atoms with van der Waals surface area (Å²) in [5, 5.41) is -0.0256. The molecule has 2 aromatic carbocycles. The molecule has 0 fully saturated rings. The summed E-state index contributed by atoms with van der Waals surface area (Å²) >= 11 is 17.1. The van der Waals surface area contributed by atoms with Crippen LogP contribution in [-0.4, -0.2) is 20.0 Å². The molecule has 0 aliphatic rings. The molecule has 12 heteroatoms. The normalized spacial score (nSPS) is 11.9. The van der Waals surface area contributed by atoms with Gasteiger partial charge in [0.1, 0.15) is 10.6 Å². The molecule has 0 heterocycles. The van der Waals surface area contributed by atoms with Crippen LogP contribution < -0.4 is 4.72 Å². The molecule has 0 unspecified atom stereocenters. The van der Waals surface area contributed by atoms with Crippen molar-refractivity contribution < 1.29 is 26.4 Å². The monoisotopic (exact) mass is 542 g/mol. The number of carbonyl (C=O) groups is 1. The summed E-state index contributed by atoms with van der Waals surface area (Å²) in [5.74, 6) is -0.852. The standard InChI is InChI=1S/C13H14Cl2N2O3S.C8H6ClF3/c1-4-11(16-8(2)3)13(18)17-21(19,20)12-9(14)6-5-7-10(12)15;1-5-2-6(8(10,11)12)4-7(9)3-5/h4-7H,1-3H3,(H,17,18);2-4H,1H3/b11-4-;. The summed E-state index contributed by atoms with van der Waals surface area (Å²) < 4.78 is 62.6. The van der Waals surface area contributed by atoms with E-state index >= 15 is 0 Å². The Hall–Kier alpha value is -2.07. The van der Waals surface area contributed by atoms with E-state index in [4.69, 9.17) is 34.8 Å². The summed E-state index contributed by atoms with van der Waals surface area (Å²) in [6, 6.07) is 7.71. The summed E-state index contributed by atoms with van der Waals surface area (Å²) in [6.07, 6.45) is -2.90. The Labute approximate surface area is 205 Å². The summed E-state index contributed by atoms with van der Waals surface area (Å²) in [7, 11) is -4.19. The van der Waals surface area contributed by atoms with E-state index in [0.29, 0.717) is 11.3 Å². The van der Waals surface area contributed by atoms with Gasteiger partial charge in [0.15, 0.2) is 0 Å². The Balaban J connectivity index is 0.000000383. The topological polar surface area (TPSA) is 75.6 Å². The second-order valence-electron chi connectivity index (χ2n) is 6.73. The first-order chi connectivity index (χ1) is 15.1. The maximum Gasteiger partial charge on any atom is 0.416 e. The lowest BCUT2D eigenvalue weighted by atomic mass is 10.1. The molecule has 2 rings (SSSR count). The second-order valence-corrected chi connectivity index (χ2v) is 9.60. The van der Waals surface area contributed by atoms with E-state index in [1.165, 1.54) is 30.3 Å². The number of amides is 1. The Bertz CT molecular complexity index is 1150. The highest BCUT2D eigenvalue weighted by Gasteiger charge is 2.30. The minimum absolute atomic E-state index is 0.0123. The van der Waals surface area contributed by atoms with Crippen LogP contribution in [0.15, 0.2) is 58.1 Å². The van der Waals surface area contributed by atoms with Crippen molar-refractivity contribution in [2.24, 2.45) is 4.99 Å². The molecule has 180 valence electrons. The number of alkyl halides is 3. The third-order valence-corrected chi connectivity index (χ3v) is 6.14. The van der Waals surface area contributed by atoms with E-state index in [-0.39, 0.29) is 25.7 Å². The van der Waals surface area contributed by atoms with Gasteiger partial charge in [0.25, 0.3) is 15.9 Å². The van der Waals surface area contributed by atoms with Crippen LogP contribution in [0.25, 0.3) is 0 Å². The van der Waals surface area contributed by atoms with Crippen molar-refractivity contribution in [3.63, 3.8) is 0 Å². The Morgan fingerprint density at radius 2 is 1.61 bits per heavy atom. The minimum atomic E-state index is -4.31. The number of nitrogens with one attached hydrogen (secondary N) is 1. The number of benzene rings is 2. The van der Waals surface area contributed by atoms with Gasteiger partial charge >= 0.3 is 6.18 Å². The Morgan fingerprint density at radius 1 is 1.06 bits per heavy atom. The number of carbonyl (C=O) groups excluding carboxylic acids is 1. The van der Waals surface area contributed by atoms with E-state index in [1.807, 2.05) is 4.72 Å². The quantitative estimate of drug-likeness (QED) is 0.338. The van der Waals surface area contributed by atoms with Crippen LogP contribution in [0.2, 0.25) is 15.1 Å². The van der Waals surface area contributed by atoms with Crippen molar-refractivity contribution in [2.75, 3.05) is 0 Å². The van der Waals surface area contributed by atoms with Gasteiger partial charge in [-0.1, -0.05) is 46.9 Å². The Morgan fingerprint density at radius 3 is 2.03 bits per heavy atom. The molecule has 5 nitrogen and oxygen atoms in total. The fourth-order valence-electron chi connectivity index (χ4n) is 2.35. The van der Waals surface area contributed by atoms with E-state index in [0.717, 1.165) is 12.1 Å². The van der Waals surface area contributed by atoms with Crippen molar-refractivity contribution in [1.29, 1.82) is 0 Å². The van der Waals surface area contributed by atoms with Crippen molar-refractivity contribution in [3.8, 4) is 0 Å². The van der Waals surface area contributed by atoms with Crippen LogP contribution in [0, 0.1) is 6.92 Å². The highest BCUT2D eigenvalue weighted by Crippen LogP contribution is 2.31. The number of aryl methyl sites for hydroxylation is 1. The van der Waals surface area contributed by atoms with Gasteiger partial charge in [-0.05, 0) is 63.6 Å². The van der Waals surface area contributed by atoms with Crippen molar-refractivity contribution >= 4 is 56.4 Å². The van der Waals surface area contributed by atoms with Gasteiger partial charge in [-0.3, -0.25) is 9.79 Å². The second kappa shape index (κ2) is 11.9. The first kappa shape index (κ1) is 29.0. The first-order valence-electron chi connectivity index (χ1n) is 9.12. The molecule has 0 saturated carbocycles. The van der Waals surface area contributed by atoms with Gasteiger partial charge in [-0.15, -0.1) is 0 Å². The van der Waals surface area contributed by atoms with Crippen molar-refractivity contribution in [3.05, 3.63) is 74.4 Å². The number of sulfonamides is 1. The van der Waals surface area contributed by atoms with Crippen LogP contribution in [0.3, 0.4) is 0 Å². The maximum absolute atomic E-state index is 12.2. The Kier molecular flexibility index (Phi) is 10.4. The molecule has 33 heavy (non-hydrogen) atoms. The van der Waals surface area contributed by atoms with Crippen molar-refractivity contribution in [1.82, 2.24) is 4.72 Å². The van der Waals surface area contributed by atoms with Crippen LogP contribution in [0.4, 0.5) is 13.2 Å². The van der Waals surface area contributed by atoms with Crippen LogP contribution >= 0.6 is 34.8 Å². The summed E-state index contributed by atoms with van der Waals surface area (Å²) in [5.41, 5.74) is 0.412. The van der Waals surface area contributed by atoms with Gasteiger partial charge in [0, 0.05) is 10.7 Å². The molecule has 0 atom stereocenters. The lowest BCUT2D eigenvalue weighted by molar-refractivity contribution is -0.137. The number of hydrogen-bond donors (Lipinski definition) is 1. The van der Waals surface area contributed by atoms with Crippen LogP contribution in [0.1, 0.15) is 31.9 Å². The molecule has 0 spiro atoms. The average molecular weight is 544 g/mol. The predicted molar refractivity (Wildman–Crippen MR) is 126 cm³/mol. The zero-order valence-corrected chi connectivity index (χ0v) is 21.0. The number of halogens is 6. The summed E-state index contributed by atoms with van der Waals surface area (Å²) in [4.78, 5) is 15.6. The van der Waals surface area contributed by atoms with Gasteiger partial charge in [-0.25, -0.2) is 13.1 Å². The molecule has 0 aromatic heterocycles. The van der Waals surface area contributed by atoms with E-state index < -0.39 is 27.7 Å². The summed E-state index contributed by atoms with van der Waals surface area (Å²) in [6.45, 7) is 6.53. The van der Waals surface area contributed by atoms with Gasteiger partial charge in [0.05, 0.1) is 15.6 Å². The largest absolute Gasteiger partial charge is 0.416 e. The zero-order chi connectivity index (χ0) is 25.6. The highest BCUT2D eigenvalue weighted by molar-refractivity contribution is 7.90. The molecule has 1 amide bonds. The lowest BCUT2D eigenvalue weighted by Crippen LogP contribution is -2.32. The number of allylic oxidation sites excluding steroid dienone is 1. The van der Waals surface area contributed by atoms with E-state index in [9.17, 15) is 26.4 Å². The number of hydrogen-bond acceptors (Lipinski definition) is 4. The molecular formula is C21H20Cl3F3N2O3S. The molecule has 0 aliphatic carbocycles. The number of rotatable bonds is 4. The average Bonchev–Trinajstić information content (AvgIpc) is 2.64. The minimum Gasteiger partial charge on any atom is -0.266 e.